The lowest BCUT2D eigenvalue weighted by atomic mass is 10.0. The second-order valence-corrected chi connectivity index (χ2v) is 6.18. The first-order valence-corrected chi connectivity index (χ1v) is 8.88. The molecule has 6 heteroatoms. The van der Waals surface area contributed by atoms with Crippen molar-refractivity contribution in [3.8, 4) is 5.88 Å². The maximum atomic E-state index is 12.6. The van der Waals surface area contributed by atoms with Gasteiger partial charge in [-0.05, 0) is 29.3 Å². The van der Waals surface area contributed by atoms with Gasteiger partial charge >= 0.3 is 0 Å². The molecule has 1 N–H and O–H groups in total. The molecule has 1 atom stereocenters. The highest BCUT2D eigenvalue weighted by atomic mass is 16.5. The Morgan fingerprint density at radius 3 is 2.54 bits per heavy atom. The molecule has 2 aromatic carbocycles. The third-order valence-corrected chi connectivity index (χ3v) is 4.30. The van der Waals surface area contributed by atoms with Crippen LogP contribution >= 0.6 is 0 Å². The average molecular weight is 370 g/mol. The quantitative estimate of drug-likeness (QED) is 0.563. The summed E-state index contributed by atoms with van der Waals surface area (Å²) in [4.78, 5) is 25.1. The fourth-order valence-corrected chi connectivity index (χ4v) is 2.98. The number of nitrogens with zero attached hydrogens (tertiary/aromatic N) is 3. The molecule has 4 rings (SSSR count). The van der Waals surface area contributed by atoms with Crippen LogP contribution in [-0.4, -0.2) is 27.5 Å². The number of hydrogen-bond donors (Lipinski definition) is 1. The number of carbonyl (C=O) groups excluding carboxylic acids is 1. The van der Waals surface area contributed by atoms with Crippen LogP contribution in [0.2, 0.25) is 0 Å². The minimum absolute atomic E-state index is 0.148. The van der Waals surface area contributed by atoms with E-state index in [4.69, 9.17) is 4.74 Å². The Kier molecular flexibility index (Phi) is 5.20. The number of hydrogen-bond acceptors (Lipinski definition) is 5. The average Bonchev–Trinajstić information content (AvgIpc) is 2.77. The molecule has 0 saturated carbocycles. The molecule has 2 aromatic heterocycles. The standard InChI is InChI=1S/C22H18N4O2/c27-20(14-28-22-18-10-4-5-11-19(18)24-15-25-22)26-21(16-7-2-1-3-8-16)17-9-6-12-23-13-17/h1-13,15,21H,14H2,(H,26,27)/t21-/m1/s1. The van der Waals surface area contributed by atoms with Crippen molar-refractivity contribution in [2.45, 2.75) is 6.04 Å². The SMILES string of the molecule is O=C(COc1ncnc2ccccc12)N[C@H](c1ccccc1)c1cccnc1. The second kappa shape index (κ2) is 8.26. The zero-order valence-corrected chi connectivity index (χ0v) is 15.0. The van der Waals surface area contributed by atoms with Crippen molar-refractivity contribution >= 4 is 16.8 Å². The smallest absolute Gasteiger partial charge is 0.258 e. The molecule has 0 spiro atoms. The van der Waals surface area contributed by atoms with Gasteiger partial charge < -0.3 is 10.1 Å². The Hall–Kier alpha value is -3.80. The van der Waals surface area contributed by atoms with E-state index >= 15 is 0 Å². The van der Waals surface area contributed by atoms with Crippen LogP contribution in [0.5, 0.6) is 5.88 Å². The van der Waals surface area contributed by atoms with E-state index in [0.717, 1.165) is 22.0 Å². The van der Waals surface area contributed by atoms with Gasteiger partial charge in [0.2, 0.25) is 5.88 Å². The molecule has 0 aliphatic heterocycles. The molecule has 0 bridgehead atoms. The zero-order chi connectivity index (χ0) is 19.2. The van der Waals surface area contributed by atoms with Crippen molar-refractivity contribution in [1.29, 1.82) is 0 Å². The molecule has 4 aromatic rings. The summed E-state index contributed by atoms with van der Waals surface area (Å²) in [7, 11) is 0. The van der Waals surface area contributed by atoms with E-state index in [-0.39, 0.29) is 18.6 Å². The van der Waals surface area contributed by atoms with E-state index in [1.54, 1.807) is 12.4 Å². The fraction of sp³-hybridized carbons (Fsp3) is 0.0909. The van der Waals surface area contributed by atoms with Crippen LogP contribution in [0.3, 0.4) is 0 Å². The van der Waals surface area contributed by atoms with Crippen LogP contribution in [-0.2, 0) is 4.79 Å². The van der Waals surface area contributed by atoms with E-state index in [0.29, 0.717) is 5.88 Å². The summed E-state index contributed by atoms with van der Waals surface area (Å²) in [6, 6.07) is 20.7. The van der Waals surface area contributed by atoms with Crippen LogP contribution in [0, 0.1) is 0 Å². The largest absolute Gasteiger partial charge is 0.467 e. The lowest BCUT2D eigenvalue weighted by Gasteiger charge is -2.19. The van der Waals surface area contributed by atoms with E-state index in [9.17, 15) is 4.79 Å². The van der Waals surface area contributed by atoms with Crippen LogP contribution in [0.15, 0.2) is 85.5 Å². The lowest BCUT2D eigenvalue weighted by Crippen LogP contribution is -2.33. The van der Waals surface area contributed by atoms with Crippen molar-refractivity contribution < 1.29 is 9.53 Å². The van der Waals surface area contributed by atoms with Crippen LogP contribution in [0.25, 0.3) is 10.9 Å². The highest BCUT2D eigenvalue weighted by molar-refractivity contribution is 5.84. The fourth-order valence-electron chi connectivity index (χ4n) is 2.98. The van der Waals surface area contributed by atoms with Crippen molar-refractivity contribution in [3.63, 3.8) is 0 Å². The summed E-state index contributed by atoms with van der Waals surface area (Å²) in [6.45, 7) is -0.148. The molecule has 0 aliphatic carbocycles. The predicted molar refractivity (Wildman–Crippen MR) is 106 cm³/mol. The Balaban J connectivity index is 1.50. The molecule has 0 unspecified atom stereocenters. The van der Waals surface area contributed by atoms with E-state index in [1.165, 1.54) is 6.33 Å². The molecule has 0 saturated heterocycles. The molecule has 0 fully saturated rings. The van der Waals surface area contributed by atoms with Gasteiger partial charge in [0.05, 0.1) is 16.9 Å². The summed E-state index contributed by atoms with van der Waals surface area (Å²) in [6.07, 6.45) is 4.88. The number of nitrogens with one attached hydrogen (secondary N) is 1. The van der Waals surface area contributed by atoms with E-state index in [2.05, 4.69) is 20.3 Å². The maximum absolute atomic E-state index is 12.6. The minimum Gasteiger partial charge on any atom is -0.467 e. The molecule has 28 heavy (non-hydrogen) atoms. The number of amides is 1. The summed E-state index contributed by atoms with van der Waals surface area (Å²) < 4.78 is 5.67. The monoisotopic (exact) mass is 370 g/mol. The number of carbonyl (C=O) groups is 1. The molecule has 0 radical (unpaired) electrons. The Bertz CT molecular complexity index is 1030. The van der Waals surface area contributed by atoms with Crippen molar-refractivity contribution in [3.05, 3.63) is 96.6 Å². The second-order valence-electron chi connectivity index (χ2n) is 6.18. The summed E-state index contributed by atoms with van der Waals surface area (Å²) in [5, 5.41) is 3.79. The summed E-state index contributed by atoms with van der Waals surface area (Å²) in [5.74, 6) is 0.138. The summed E-state index contributed by atoms with van der Waals surface area (Å²) >= 11 is 0. The topological polar surface area (TPSA) is 77.0 Å². The first-order valence-electron chi connectivity index (χ1n) is 8.88. The van der Waals surface area contributed by atoms with Gasteiger partial charge in [-0.15, -0.1) is 0 Å². The highest BCUT2D eigenvalue weighted by Crippen LogP contribution is 2.22. The minimum atomic E-state index is -0.312. The van der Waals surface area contributed by atoms with Crippen molar-refractivity contribution in [2.24, 2.45) is 0 Å². The van der Waals surface area contributed by atoms with E-state index in [1.807, 2.05) is 66.7 Å². The molecule has 6 nitrogen and oxygen atoms in total. The van der Waals surface area contributed by atoms with Gasteiger partial charge in [-0.3, -0.25) is 9.78 Å². The molecular weight excluding hydrogens is 352 g/mol. The third-order valence-electron chi connectivity index (χ3n) is 4.30. The highest BCUT2D eigenvalue weighted by Gasteiger charge is 2.17. The van der Waals surface area contributed by atoms with Gasteiger partial charge in [0, 0.05) is 12.4 Å². The van der Waals surface area contributed by atoms with Crippen molar-refractivity contribution in [2.75, 3.05) is 6.61 Å². The van der Waals surface area contributed by atoms with Gasteiger partial charge in [-0.25, -0.2) is 9.97 Å². The van der Waals surface area contributed by atoms with Crippen molar-refractivity contribution in [1.82, 2.24) is 20.3 Å². The van der Waals surface area contributed by atoms with Crippen LogP contribution in [0.1, 0.15) is 17.2 Å². The maximum Gasteiger partial charge on any atom is 0.258 e. The van der Waals surface area contributed by atoms with Gasteiger partial charge in [-0.1, -0.05) is 48.5 Å². The molecule has 1 amide bonds. The molecule has 2 heterocycles. The third kappa shape index (κ3) is 3.96. The number of ether oxygens (including phenoxy) is 1. The zero-order valence-electron chi connectivity index (χ0n) is 15.0. The molecule has 138 valence electrons. The Morgan fingerprint density at radius 1 is 0.929 bits per heavy atom. The van der Waals surface area contributed by atoms with Gasteiger partial charge in [0.25, 0.3) is 5.91 Å². The molecule has 0 aliphatic rings. The number of benzene rings is 2. The van der Waals surface area contributed by atoms with E-state index < -0.39 is 0 Å². The number of aromatic nitrogens is 3. The first kappa shape index (κ1) is 17.6. The number of rotatable bonds is 6. The normalized spacial score (nSPS) is 11.7. The summed E-state index contributed by atoms with van der Waals surface area (Å²) in [5.41, 5.74) is 2.64. The molecular formula is C22H18N4O2. The van der Waals surface area contributed by atoms with Gasteiger partial charge in [-0.2, -0.15) is 0 Å². The van der Waals surface area contributed by atoms with Crippen LogP contribution < -0.4 is 10.1 Å². The Labute approximate surface area is 162 Å². The number of para-hydroxylation sites is 1. The number of fused-ring (bicyclic) bond motifs is 1. The lowest BCUT2D eigenvalue weighted by molar-refractivity contribution is -0.123. The van der Waals surface area contributed by atoms with Gasteiger partial charge in [0.15, 0.2) is 6.61 Å². The first-order chi connectivity index (χ1) is 13.8. The Morgan fingerprint density at radius 2 is 1.71 bits per heavy atom. The predicted octanol–water partition coefficient (Wildman–Crippen LogP) is 3.31. The number of pyridine rings is 1. The van der Waals surface area contributed by atoms with Crippen LogP contribution in [0.4, 0.5) is 0 Å². The van der Waals surface area contributed by atoms with Gasteiger partial charge in [0.1, 0.15) is 6.33 Å².